The molecule has 2 unspecified atom stereocenters. The van der Waals surface area contributed by atoms with Crippen LogP contribution in [-0.4, -0.2) is 12.4 Å². The standard InChI is InChI=1S/C23H22N2O/c1-23(19-13-7-3-8-14-19)22(18-11-5-2-6-12-18)24-21(25-23)17-26-20-15-9-4-10-16-20/h2-16,22H,17H2,1H3,(H,24,25). The maximum atomic E-state index is 5.91. The lowest BCUT2D eigenvalue weighted by Crippen LogP contribution is -2.34. The first-order valence-electron chi connectivity index (χ1n) is 8.89. The van der Waals surface area contributed by atoms with Crippen LogP contribution in [0.4, 0.5) is 0 Å². The molecule has 0 radical (unpaired) electrons. The number of benzene rings is 3. The first-order valence-corrected chi connectivity index (χ1v) is 8.89. The van der Waals surface area contributed by atoms with Gasteiger partial charge in [0.25, 0.3) is 0 Å². The Morgan fingerprint density at radius 3 is 2.08 bits per heavy atom. The third kappa shape index (κ3) is 3.21. The Kier molecular flexibility index (Phi) is 4.44. The lowest BCUT2D eigenvalue weighted by molar-refractivity contribution is 0.371. The van der Waals surface area contributed by atoms with Gasteiger partial charge in [0, 0.05) is 0 Å². The number of hydrogen-bond acceptors (Lipinski definition) is 3. The molecule has 0 spiro atoms. The minimum absolute atomic E-state index is 0.0699. The van der Waals surface area contributed by atoms with E-state index in [-0.39, 0.29) is 11.6 Å². The van der Waals surface area contributed by atoms with Crippen LogP contribution in [0.5, 0.6) is 5.75 Å². The number of ether oxygens (including phenoxy) is 1. The van der Waals surface area contributed by atoms with E-state index in [9.17, 15) is 0 Å². The van der Waals surface area contributed by atoms with Gasteiger partial charge in [-0.2, -0.15) is 0 Å². The van der Waals surface area contributed by atoms with E-state index in [1.165, 1.54) is 11.1 Å². The molecule has 0 aromatic heterocycles. The van der Waals surface area contributed by atoms with Crippen molar-refractivity contribution in [2.24, 2.45) is 4.99 Å². The lowest BCUT2D eigenvalue weighted by atomic mass is 9.82. The zero-order valence-electron chi connectivity index (χ0n) is 14.8. The largest absolute Gasteiger partial charge is 0.486 e. The van der Waals surface area contributed by atoms with E-state index in [2.05, 4.69) is 60.8 Å². The summed E-state index contributed by atoms with van der Waals surface area (Å²) in [5.74, 6) is 1.72. The third-order valence-electron chi connectivity index (χ3n) is 4.85. The van der Waals surface area contributed by atoms with E-state index >= 15 is 0 Å². The van der Waals surface area contributed by atoms with Crippen LogP contribution in [0, 0.1) is 0 Å². The molecule has 1 aliphatic rings. The van der Waals surface area contributed by atoms with Crippen LogP contribution in [0.25, 0.3) is 0 Å². The second-order valence-corrected chi connectivity index (χ2v) is 6.66. The molecule has 3 nitrogen and oxygen atoms in total. The highest BCUT2D eigenvalue weighted by Crippen LogP contribution is 2.41. The maximum Gasteiger partial charge on any atom is 0.145 e. The first kappa shape index (κ1) is 16.4. The van der Waals surface area contributed by atoms with Gasteiger partial charge in [0.15, 0.2) is 0 Å². The molecule has 1 heterocycles. The van der Waals surface area contributed by atoms with Gasteiger partial charge < -0.3 is 10.1 Å². The molecule has 0 bridgehead atoms. The summed E-state index contributed by atoms with van der Waals surface area (Å²) in [7, 11) is 0. The third-order valence-corrected chi connectivity index (χ3v) is 4.85. The Balaban J connectivity index is 1.63. The van der Waals surface area contributed by atoms with Crippen LogP contribution in [0.15, 0.2) is 96.0 Å². The number of aliphatic imine (C=N–C) groups is 1. The molecule has 26 heavy (non-hydrogen) atoms. The molecule has 0 saturated carbocycles. The SMILES string of the molecule is CC1(c2ccccc2)N=C(COc2ccccc2)NC1c1ccccc1. The van der Waals surface area contributed by atoms with Crippen LogP contribution >= 0.6 is 0 Å². The second kappa shape index (κ2) is 7.04. The van der Waals surface area contributed by atoms with Crippen LogP contribution < -0.4 is 10.1 Å². The molecule has 1 aliphatic heterocycles. The summed E-state index contributed by atoms with van der Waals surface area (Å²) in [4.78, 5) is 5.04. The fourth-order valence-electron chi connectivity index (χ4n) is 3.49. The van der Waals surface area contributed by atoms with E-state index in [0.717, 1.165) is 11.6 Å². The molecule has 130 valence electrons. The number of hydrogen-bond donors (Lipinski definition) is 1. The summed E-state index contributed by atoms with van der Waals surface area (Å²) in [5, 5.41) is 3.59. The van der Waals surface area contributed by atoms with Crippen LogP contribution in [0.3, 0.4) is 0 Å². The van der Waals surface area contributed by atoms with Gasteiger partial charge in [-0.1, -0.05) is 78.9 Å². The second-order valence-electron chi connectivity index (χ2n) is 6.66. The average molecular weight is 342 g/mol. The number of nitrogens with one attached hydrogen (secondary N) is 1. The minimum Gasteiger partial charge on any atom is -0.486 e. The molecule has 4 rings (SSSR count). The Morgan fingerprint density at radius 2 is 1.42 bits per heavy atom. The van der Waals surface area contributed by atoms with Gasteiger partial charge in [-0.3, -0.25) is 4.99 Å². The predicted molar refractivity (Wildman–Crippen MR) is 105 cm³/mol. The van der Waals surface area contributed by atoms with Crippen molar-refractivity contribution in [3.63, 3.8) is 0 Å². The van der Waals surface area contributed by atoms with Crippen molar-refractivity contribution < 1.29 is 4.74 Å². The normalized spacial score (nSPS) is 21.7. The summed E-state index contributed by atoms with van der Waals surface area (Å²) >= 11 is 0. The summed E-state index contributed by atoms with van der Waals surface area (Å²) in [5.41, 5.74) is 2.03. The van der Waals surface area contributed by atoms with Crippen molar-refractivity contribution in [2.45, 2.75) is 18.5 Å². The van der Waals surface area contributed by atoms with Gasteiger partial charge in [-0.25, -0.2) is 0 Å². The molecule has 3 aromatic rings. The van der Waals surface area contributed by atoms with Crippen LogP contribution in [0.1, 0.15) is 24.1 Å². The Labute approximate surface area is 154 Å². The Bertz CT molecular complexity index is 878. The van der Waals surface area contributed by atoms with Gasteiger partial charge >= 0.3 is 0 Å². The minimum atomic E-state index is -0.377. The highest BCUT2D eigenvalue weighted by atomic mass is 16.5. The van der Waals surface area contributed by atoms with Gasteiger partial charge in [-0.15, -0.1) is 0 Å². The number of rotatable bonds is 5. The van der Waals surface area contributed by atoms with Gasteiger partial charge in [0.1, 0.15) is 23.7 Å². The molecule has 0 saturated heterocycles. The molecule has 0 fully saturated rings. The van der Waals surface area contributed by atoms with E-state index in [1.807, 2.05) is 42.5 Å². The zero-order chi connectivity index (χ0) is 17.8. The van der Waals surface area contributed by atoms with Crippen LogP contribution in [0.2, 0.25) is 0 Å². The van der Waals surface area contributed by atoms with E-state index in [1.54, 1.807) is 0 Å². The van der Waals surface area contributed by atoms with Gasteiger partial charge in [0.2, 0.25) is 0 Å². The molecule has 2 atom stereocenters. The summed E-state index contributed by atoms with van der Waals surface area (Å²) in [6, 6.07) is 30.8. The topological polar surface area (TPSA) is 33.6 Å². The summed E-state index contributed by atoms with van der Waals surface area (Å²) in [6.45, 7) is 2.61. The Morgan fingerprint density at radius 1 is 0.846 bits per heavy atom. The summed E-state index contributed by atoms with van der Waals surface area (Å²) in [6.07, 6.45) is 0. The smallest absolute Gasteiger partial charge is 0.145 e. The molecule has 0 aliphatic carbocycles. The number of amidine groups is 1. The fourth-order valence-corrected chi connectivity index (χ4v) is 3.49. The maximum absolute atomic E-state index is 5.91. The van der Waals surface area contributed by atoms with Crippen molar-refractivity contribution in [3.05, 3.63) is 102 Å². The number of nitrogens with zero attached hydrogens (tertiary/aromatic N) is 1. The quantitative estimate of drug-likeness (QED) is 0.727. The highest BCUT2D eigenvalue weighted by Gasteiger charge is 2.42. The molecule has 3 aromatic carbocycles. The van der Waals surface area contributed by atoms with Gasteiger partial charge in [-0.05, 0) is 30.2 Å². The average Bonchev–Trinajstić information content (AvgIpc) is 3.06. The molecular formula is C23H22N2O. The van der Waals surface area contributed by atoms with Crippen molar-refractivity contribution >= 4 is 5.84 Å². The molecular weight excluding hydrogens is 320 g/mol. The van der Waals surface area contributed by atoms with Crippen LogP contribution in [-0.2, 0) is 5.54 Å². The lowest BCUT2D eigenvalue weighted by Gasteiger charge is -2.30. The molecule has 0 amide bonds. The van der Waals surface area contributed by atoms with E-state index in [0.29, 0.717) is 6.61 Å². The highest BCUT2D eigenvalue weighted by molar-refractivity contribution is 5.87. The van der Waals surface area contributed by atoms with Crippen molar-refractivity contribution in [3.8, 4) is 5.75 Å². The van der Waals surface area contributed by atoms with E-state index < -0.39 is 0 Å². The number of para-hydroxylation sites is 1. The molecule has 3 heteroatoms. The predicted octanol–water partition coefficient (Wildman–Crippen LogP) is 4.72. The monoisotopic (exact) mass is 342 g/mol. The van der Waals surface area contributed by atoms with Gasteiger partial charge in [0.05, 0.1) is 6.04 Å². The van der Waals surface area contributed by atoms with Crippen molar-refractivity contribution in [1.29, 1.82) is 0 Å². The van der Waals surface area contributed by atoms with E-state index in [4.69, 9.17) is 9.73 Å². The summed E-state index contributed by atoms with van der Waals surface area (Å²) < 4.78 is 5.91. The van der Waals surface area contributed by atoms with Crippen molar-refractivity contribution in [1.82, 2.24) is 5.32 Å². The first-order chi connectivity index (χ1) is 12.8. The van der Waals surface area contributed by atoms with Crippen molar-refractivity contribution in [2.75, 3.05) is 6.61 Å². The molecule has 1 N–H and O–H groups in total. The zero-order valence-corrected chi connectivity index (χ0v) is 14.8. The Hall–Kier alpha value is -3.07. The fraction of sp³-hybridized carbons (Fsp3) is 0.174.